The van der Waals surface area contributed by atoms with Gasteiger partial charge in [-0.05, 0) is 71.3 Å². The fraction of sp³-hybridized carbons (Fsp3) is 0.138. The number of carbonyl (C=O) groups is 1. The third-order valence-electron chi connectivity index (χ3n) is 6.76. The van der Waals surface area contributed by atoms with Crippen molar-refractivity contribution in [1.29, 1.82) is 0 Å². The number of benzene rings is 4. The van der Waals surface area contributed by atoms with Crippen molar-refractivity contribution in [2.75, 3.05) is 7.11 Å². The number of aromatic hydroxyl groups is 5. The monoisotopic (exact) mass is 484 g/mol. The zero-order valence-electron chi connectivity index (χ0n) is 19.3. The molecule has 0 aliphatic heterocycles. The van der Waals surface area contributed by atoms with Crippen molar-refractivity contribution >= 4 is 5.78 Å². The quantitative estimate of drug-likeness (QED) is 0.249. The Kier molecular flexibility index (Phi) is 5.68. The summed E-state index contributed by atoms with van der Waals surface area (Å²) in [4.78, 5) is 14.0. The molecule has 5 N–H and O–H groups in total. The maximum Gasteiger partial charge on any atom is 0.170 e. The number of ether oxygens (including phenoxy) is 1. The lowest BCUT2D eigenvalue weighted by molar-refractivity contribution is 0.0949. The van der Waals surface area contributed by atoms with E-state index in [0.717, 1.165) is 0 Å². The highest BCUT2D eigenvalue weighted by molar-refractivity contribution is 6.03. The summed E-state index contributed by atoms with van der Waals surface area (Å²) in [6.07, 6.45) is 0. The fourth-order valence-corrected chi connectivity index (χ4v) is 5.30. The molecule has 1 aliphatic carbocycles. The Morgan fingerprint density at radius 2 is 1.31 bits per heavy atom. The molecule has 4 aromatic rings. The highest BCUT2D eigenvalue weighted by Crippen LogP contribution is 2.59. The van der Waals surface area contributed by atoms with Gasteiger partial charge >= 0.3 is 0 Å². The number of fused-ring (bicyclic) bond motifs is 1. The van der Waals surface area contributed by atoms with E-state index in [0.29, 0.717) is 33.6 Å². The van der Waals surface area contributed by atoms with Crippen LogP contribution in [0, 0.1) is 0 Å². The van der Waals surface area contributed by atoms with Gasteiger partial charge in [0.1, 0.15) is 34.5 Å². The van der Waals surface area contributed by atoms with Gasteiger partial charge in [-0.25, -0.2) is 0 Å². The van der Waals surface area contributed by atoms with E-state index in [1.54, 1.807) is 36.4 Å². The number of phenolic OH excluding ortho intramolecular Hbond substituents is 5. The first-order chi connectivity index (χ1) is 17.3. The summed E-state index contributed by atoms with van der Waals surface area (Å²) < 4.78 is 5.21. The predicted molar refractivity (Wildman–Crippen MR) is 132 cm³/mol. The Morgan fingerprint density at radius 3 is 1.92 bits per heavy atom. The van der Waals surface area contributed by atoms with Gasteiger partial charge in [-0.15, -0.1) is 0 Å². The Bertz CT molecular complexity index is 1420. The fourth-order valence-electron chi connectivity index (χ4n) is 5.30. The Balaban J connectivity index is 1.77. The van der Waals surface area contributed by atoms with E-state index in [4.69, 9.17) is 4.74 Å². The van der Waals surface area contributed by atoms with Crippen molar-refractivity contribution in [3.63, 3.8) is 0 Å². The Morgan fingerprint density at radius 1 is 0.694 bits per heavy atom. The van der Waals surface area contributed by atoms with Gasteiger partial charge in [0.2, 0.25) is 0 Å². The third-order valence-corrected chi connectivity index (χ3v) is 6.76. The lowest BCUT2D eigenvalue weighted by Crippen LogP contribution is -2.19. The molecule has 0 saturated heterocycles. The van der Waals surface area contributed by atoms with Gasteiger partial charge in [0.15, 0.2) is 5.78 Å². The zero-order chi connectivity index (χ0) is 25.6. The van der Waals surface area contributed by atoms with Gasteiger partial charge in [0.05, 0.1) is 13.0 Å². The van der Waals surface area contributed by atoms with Crippen LogP contribution in [0.5, 0.6) is 34.5 Å². The first-order valence-electron chi connectivity index (χ1n) is 11.3. The molecular formula is C29H24O7. The first-order valence-corrected chi connectivity index (χ1v) is 11.3. The second-order valence-corrected chi connectivity index (χ2v) is 8.92. The van der Waals surface area contributed by atoms with Gasteiger partial charge in [-0.3, -0.25) is 4.79 Å². The molecule has 0 spiro atoms. The zero-order valence-corrected chi connectivity index (χ0v) is 19.3. The highest BCUT2D eigenvalue weighted by Gasteiger charge is 2.48. The van der Waals surface area contributed by atoms with E-state index in [1.165, 1.54) is 49.6 Å². The standard InChI is InChI=1S/C29H24O7/c1-36-22-8-4-16(5-9-22)29(35)28-23-13-21(33)14-24(34)27(23)25(15-2-6-18(30)7-3-15)26(28)17-10-19(31)12-20(32)11-17/h2-14,25-26,28,30-34H,1H3/t25-,26+,28-/m0/s1. The number of Topliss-reactive ketones (excluding diaryl/α,β-unsaturated/α-hetero) is 1. The summed E-state index contributed by atoms with van der Waals surface area (Å²) in [5.74, 6) is -2.45. The summed E-state index contributed by atoms with van der Waals surface area (Å²) in [6.45, 7) is 0. The molecule has 36 heavy (non-hydrogen) atoms. The minimum absolute atomic E-state index is 0.0595. The van der Waals surface area contributed by atoms with E-state index in [9.17, 15) is 30.3 Å². The van der Waals surface area contributed by atoms with E-state index >= 15 is 0 Å². The number of carbonyl (C=O) groups excluding carboxylic acids is 1. The minimum atomic E-state index is -0.869. The summed E-state index contributed by atoms with van der Waals surface area (Å²) in [6, 6.07) is 19.9. The molecule has 0 amide bonds. The number of methoxy groups -OCH3 is 1. The van der Waals surface area contributed by atoms with E-state index in [1.807, 2.05) is 0 Å². The van der Waals surface area contributed by atoms with Crippen LogP contribution < -0.4 is 4.74 Å². The van der Waals surface area contributed by atoms with Crippen molar-refractivity contribution in [2.24, 2.45) is 0 Å². The smallest absolute Gasteiger partial charge is 0.170 e. The van der Waals surface area contributed by atoms with E-state index < -0.39 is 17.8 Å². The van der Waals surface area contributed by atoms with Crippen molar-refractivity contribution < 1.29 is 35.1 Å². The van der Waals surface area contributed by atoms with Crippen LogP contribution in [0.2, 0.25) is 0 Å². The first kappa shape index (κ1) is 23.1. The van der Waals surface area contributed by atoms with Gasteiger partial charge in [-0.1, -0.05) is 12.1 Å². The van der Waals surface area contributed by atoms with Crippen LogP contribution in [0.15, 0.2) is 78.9 Å². The molecule has 0 unspecified atom stereocenters. The molecular weight excluding hydrogens is 460 g/mol. The third kappa shape index (κ3) is 3.94. The molecule has 4 aromatic carbocycles. The summed E-state index contributed by atoms with van der Waals surface area (Å²) in [5, 5.41) is 51.8. The Hall–Kier alpha value is -4.65. The number of rotatable bonds is 5. The SMILES string of the molecule is COc1ccc(C(=O)[C@H]2c3cc(O)cc(O)c3[C@@H](c3ccc(O)cc3)[C@H]2c2cc(O)cc(O)c2)cc1. The molecule has 5 rings (SSSR count). The molecule has 0 aromatic heterocycles. The second kappa shape index (κ2) is 8.85. The molecule has 7 heteroatoms. The van der Waals surface area contributed by atoms with Crippen LogP contribution in [-0.2, 0) is 0 Å². The van der Waals surface area contributed by atoms with Gasteiger partial charge < -0.3 is 30.3 Å². The summed E-state index contributed by atoms with van der Waals surface area (Å²) >= 11 is 0. The van der Waals surface area contributed by atoms with Gasteiger partial charge in [-0.2, -0.15) is 0 Å². The van der Waals surface area contributed by atoms with Crippen molar-refractivity contribution in [3.05, 3.63) is 107 Å². The molecule has 0 heterocycles. The molecule has 7 nitrogen and oxygen atoms in total. The molecule has 0 bridgehead atoms. The number of phenols is 5. The van der Waals surface area contributed by atoms with Crippen LogP contribution in [0.4, 0.5) is 0 Å². The topological polar surface area (TPSA) is 127 Å². The number of ketones is 1. The Labute approximate surface area is 207 Å². The molecule has 0 fully saturated rings. The average molecular weight is 485 g/mol. The van der Waals surface area contributed by atoms with Crippen molar-refractivity contribution in [1.82, 2.24) is 0 Å². The van der Waals surface area contributed by atoms with Crippen LogP contribution in [0.25, 0.3) is 0 Å². The molecule has 1 aliphatic rings. The van der Waals surface area contributed by atoms with Crippen LogP contribution >= 0.6 is 0 Å². The molecule has 0 saturated carbocycles. The molecule has 182 valence electrons. The number of hydrogen-bond acceptors (Lipinski definition) is 7. The average Bonchev–Trinajstić information content (AvgIpc) is 3.19. The van der Waals surface area contributed by atoms with Gasteiger partial charge in [0, 0.05) is 35.1 Å². The lowest BCUT2D eigenvalue weighted by Gasteiger charge is -2.26. The van der Waals surface area contributed by atoms with E-state index in [2.05, 4.69) is 0 Å². The highest BCUT2D eigenvalue weighted by atomic mass is 16.5. The summed E-state index contributed by atoms with van der Waals surface area (Å²) in [5.41, 5.74) is 2.48. The normalized spacial score (nSPS) is 18.5. The van der Waals surface area contributed by atoms with Gasteiger partial charge in [0.25, 0.3) is 0 Å². The second-order valence-electron chi connectivity index (χ2n) is 8.92. The number of hydrogen-bond donors (Lipinski definition) is 5. The predicted octanol–water partition coefficient (Wildman–Crippen LogP) is 5.12. The maximum atomic E-state index is 14.0. The molecule has 0 radical (unpaired) electrons. The van der Waals surface area contributed by atoms with Crippen molar-refractivity contribution in [3.8, 4) is 34.5 Å². The van der Waals surface area contributed by atoms with Crippen LogP contribution in [0.3, 0.4) is 0 Å². The van der Waals surface area contributed by atoms with Crippen molar-refractivity contribution in [2.45, 2.75) is 17.8 Å². The maximum absolute atomic E-state index is 14.0. The minimum Gasteiger partial charge on any atom is -0.508 e. The largest absolute Gasteiger partial charge is 0.508 e. The van der Waals surface area contributed by atoms with E-state index in [-0.39, 0.29) is 34.5 Å². The lowest BCUT2D eigenvalue weighted by atomic mass is 9.75. The molecule has 3 atom stereocenters. The summed E-state index contributed by atoms with van der Waals surface area (Å²) in [7, 11) is 1.53. The van der Waals surface area contributed by atoms with Crippen LogP contribution in [-0.4, -0.2) is 38.4 Å². The van der Waals surface area contributed by atoms with Crippen LogP contribution in [0.1, 0.15) is 50.4 Å².